The second-order valence-electron chi connectivity index (χ2n) is 6.48. The topological polar surface area (TPSA) is 74.2 Å². The number of nitrogens with zero attached hydrogens (tertiary/aromatic N) is 1. The number of hydrogen-bond donors (Lipinski definition) is 3. The van der Waals surface area contributed by atoms with Crippen molar-refractivity contribution >= 4 is 6.03 Å². The van der Waals surface area contributed by atoms with Gasteiger partial charge in [-0.1, -0.05) is 42.8 Å². The fraction of sp³-hybridized carbons (Fsp3) is 0.400. The normalized spacial score (nSPS) is 13.1. The summed E-state index contributed by atoms with van der Waals surface area (Å²) in [5.74, 6) is 0.198. The van der Waals surface area contributed by atoms with E-state index in [2.05, 4.69) is 53.7 Å². The molecule has 2 aromatic rings. The van der Waals surface area contributed by atoms with Crippen LogP contribution in [0.25, 0.3) is 0 Å². The third kappa shape index (κ3) is 6.55. The molecule has 2 amide bonds. The van der Waals surface area contributed by atoms with Crippen LogP contribution >= 0.6 is 0 Å². The lowest BCUT2D eigenvalue weighted by molar-refractivity contribution is 0.213. The molecule has 2 rings (SSSR count). The number of amides is 2. The second-order valence-corrected chi connectivity index (χ2v) is 6.48. The van der Waals surface area contributed by atoms with Crippen molar-refractivity contribution in [3.05, 3.63) is 65.5 Å². The first-order valence-electron chi connectivity index (χ1n) is 8.67. The molecule has 0 saturated carbocycles. The average molecular weight is 341 g/mol. The summed E-state index contributed by atoms with van der Waals surface area (Å²) in [6, 6.07) is 13.8. The van der Waals surface area contributed by atoms with E-state index in [1.54, 1.807) is 6.20 Å². The number of rotatable bonds is 8. The number of urea groups is 1. The molecule has 0 radical (unpaired) electrons. The Balaban J connectivity index is 1.72. The van der Waals surface area contributed by atoms with Gasteiger partial charge in [-0.15, -0.1) is 0 Å². The number of carbonyl (C=O) groups is 1. The Bertz CT molecular complexity index is 644. The zero-order chi connectivity index (χ0) is 18.1. The van der Waals surface area contributed by atoms with Crippen molar-refractivity contribution in [1.82, 2.24) is 15.6 Å². The van der Waals surface area contributed by atoms with Crippen LogP contribution in [-0.2, 0) is 6.42 Å². The van der Waals surface area contributed by atoms with Crippen molar-refractivity contribution in [2.24, 2.45) is 5.92 Å². The standard InChI is InChI=1S/C20H27N3O2/c1-15-6-8-18(9-7-15)16(2)12-22-20(25)23-13-17(14-24)11-19-5-3-4-10-21-19/h3-10,16-17,24H,11-14H2,1-2H3,(H2,22,23,25). The van der Waals surface area contributed by atoms with Crippen molar-refractivity contribution in [3.8, 4) is 0 Å². The molecule has 1 heterocycles. The molecule has 0 aliphatic heterocycles. The number of pyridine rings is 1. The molecule has 5 heteroatoms. The number of benzene rings is 1. The third-order valence-electron chi connectivity index (χ3n) is 4.25. The molecule has 0 spiro atoms. The molecular formula is C20H27N3O2. The van der Waals surface area contributed by atoms with E-state index < -0.39 is 0 Å². The van der Waals surface area contributed by atoms with Gasteiger partial charge in [-0.2, -0.15) is 0 Å². The summed E-state index contributed by atoms with van der Waals surface area (Å²) >= 11 is 0. The number of carbonyl (C=O) groups excluding carboxylic acids is 1. The fourth-order valence-electron chi connectivity index (χ4n) is 2.57. The monoisotopic (exact) mass is 341 g/mol. The lowest BCUT2D eigenvalue weighted by Gasteiger charge is -2.17. The van der Waals surface area contributed by atoms with Crippen LogP contribution in [0.15, 0.2) is 48.7 Å². The van der Waals surface area contributed by atoms with Crippen LogP contribution in [0.4, 0.5) is 4.79 Å². The summed E-state index contributed by atoms with van der Waals surface area (Å²) in [6.07, 6.45) is 2.37. The molecular weight excluding hydrogens is 314 g/mol. The van der Waals surface area contributed by atoms with Crippen LogP contribution in [0, 0.1) is 12.8 Å². The Morgan fingerprint density at radius 3 is 2.48 bits per heavy atom. The Kier molecular flexibility index (Phi) is 7.41. The molecule has 1 aromatic carbocycles. The summed E-state index contributed by atoms with van der Waals surface area (Å²) in [7, 11) is 0. The van der Waals surface area contributed by atoms with Crippen molar-refractivity contribution < 1.29 is 9.90 Å². The molecule has 0 saturated heterocycles. The lowest BCUT2D eigenvalue weighted by atomic mass is 10.0. The van der Waals surface area contributed by atoms with Crippen LogP contribution in [0.1, 0.15) is 29.7 Å². The van der Waals surface area contributed by atoms with E-state index in [1.165, 1.54) is 11.1 Å². The first-order chi connectivity index (χ1) is 12.1. The summed E-state index contributed by atoms with van der Waals surface area (Å²) in [5, 5.41) is 15.2. The molecule has 2 atom stereocenters. The molecule has 5 nitrogen and oxygen atoms in total. The van der Waals surface area contributed by atoms with Gasteiger partial charge in [-0.3, -0.25) is 4.98 Å². The van der Waals surface area contributed by atoms with Gasteiger partial charge >= 0.3 is 6.03 Å². The summed E-state index contributed by atoms with van der Waals surface area (Å²) in [6.45, 7) is 5.14. The second kappa shape index (κ2) is 9.79. The van der Waals surface area contributed by atoms with Gasteiger partial charge in [-0.05, 0) is 37.0 Å². The van der Waals surface area contributed by atoms with Gasteiger partial charge in [0.15, 0.2) is 0 Å². The molecule has 0 bridgehead atoms. The van der Waals surface area contributed by atoms with E-state index in [0.29, 0.717) is 19.5 Å². The maximum Gasteiger partial charge on any atom is 0.314 e. The summed E-state index contributed by atoms with van der Waals surface area (Å²) in [4.78, 5) is 16.2. The molecule has 25 heavy (non-hydrogen) atoms. The molecule has 0 fully saturated rings. The van der Waals surface area contributed by atoms with Crippen molar-refractivity contribution in [2.45, 2.75) is 26.2 Å². The predicted octanol–water partition coefficient (Wildman–Crippen LogP) is 2.64. The highest BCUT2D eigenvalue weighted by molar-refractivity contribution is 5.73. The highest BCUT2D eigenvalue weighted by atomic mass is 16.3. The lowest BCUT2D eigenvalue weighted by Crippen LogP contribution is -2.40. The minimum Gasteiger partial charge on any atom is -0.396 e. The fourth-order valence-corrected chi connectivity index (χ4v) is 2.57. The minimum absolute atomic E-state index is 0.0105. The molecule has 134 valence electrons. The van der Waals surface area contributed by atoms with Gasteiger partial charge in [0, 0.05) is 37.5 Å². The van der Waals surface area contributed by atoms with Gasteiger partial charge in [0.05, 0.1) is 0 Å². The van der Waals surface area contributed by atoms with Crippen LogP contribution < -0.4 is 10.6 Å². The molecule has 2 unspecified atom stereocenters. The highest BCUT2D eigenvalue weighted by Gasteiger charge is 2.12. The summed E-state index contributed by atoms with van der Waals surface area (Å²) in [5.41, 5.74) is 3.34. The minimum atomic E-state index is -0.210. The SMILES string of the molecule is Cc1ccc(C(C)CNC(=O)NCC(CO)Cc2ccccn2)cc1. The van der Waals surface area contributed by atoms with Gasteiger partial charge in [0.2, 0.25) is 0 Å². The Hall–Kier alpha value is -2.40. The van der Waals surface area contributed by atoms with Crippen LogP contribution in [-0.4, -0.2) is 35.8 Å². The largest absolute Gasteiger partial charge is 0.396 e. The number of aliphatic hydroxyl groups is 1. The number of aryl methyl sites for hydroxylation is 1. The average Bonchev–Trinajstić information content (AvgIpc) is 2.64. The molecule has 3 N–H and O–H groups in total. The van der Waals surface area contributed by atoms with E-state index in [0.717, 1.165) is 5.69 Å². The molecule has 1 aromatic heterocycles. The third-order valence-corrected chi connectivity index (χ3v) is 4.25. The number of aliphatic hydroxyl groups excluding tert-OH is 1. The Morgan fingerprint density at radius 2 is 1.84 bits per heavy atom. The predicted molar refractivity (Wildman–Crippen MR) is 99.5 cm³/mol. The van der Waals surface area contributed by atoms with Crippen molar-refractivity contribution in [2.75, 3.05) is 19.7 Å². The maximum atomic E-state index is 12.0. The van der Waals surface area contributed by atoms with Gasteiger partial charge in [0.25, 0.3) is 0 Å². The van der Waals surface area contributed by atoms with Crippen LogP contribution in [0.5, 0.6) is 0 Å². The zero-order valence-corrected chi connectivity index (χ0v) is 14.9. The zero-order valence-electron chi connectivity index (χ0n) is 14.9. The quantitative estimate of drug-likeness (QED) is 0.691. The Labute approximate surface area is 149 Å². The van der Waals surface area contributed by atoms with Gasteiger partial charge in [-0.25, -0.2) is 4.79 Å². The Morgan fingerprint density at radius 1 is 1.12 bits per heavy atom. The highest BCUT2D eigenvalue weighted by Crippen LogP contribution is 2.14. The molecule has 0 aliphatic carbocycles. The number of hydrogen-bond acceptors (Lipinski definition) is 3. The van der Waals surface area contributed by atoms with E-state index >= 15 is 0 Å². The maximum absolute atomic E-state index is 12.0. The van der Waals surface area contributed by atoms with Crippen molar-refractivity contribution in [3.63, 3.8) is 0 Å². The summed E-state index contributed by atoms with van der Waals surface area (Å²) < 4.78 is 0. The molecule has 0 aliphatic rings. The van der Waals surface area contributed by atoms with E-state index in [9.17, 15) is 9.90 Å². The first kappa shape index (κ1) is 18.9. The van der Waals surface area contributed by atoms with Gasteiger partial charge < -0.3 is 15.7 Å². The number of nitrogens with one attached hydrogen (secondary N) is 2. The van der Waals surface area contributed by atoms with Crippen LogP contribution in [0.3, 0.4) is 0 Å². The van der Waals surface area contributed by atoms with E-state index in [1.807, 2.05) is 18.2 Å². The first-order valence-corrected chi connectivity index (χ1v) is 8.67. The van der Waals surface area contributed by atoms with Crippen molar-refractivity contribution in [1.29, 1.82) is 0 Å². The van der Waals surface area contributed by atoms with E-state index in [-0.39, 0.29) is 24.5 Å². The smallest absolute Gasteiger partial charge is 0.314 e. The van der Waals surface area contributed by atoms with Gasteiger partial charge in [0.1, 0.15) is 0 Å². The van der Waals surface area contributed by atoms with E-state index in [4.69, 9.17) is 0 Å². The number of aromatic nitrogens is 1. The van der Waals surface area contributed by atoms with Crippen LogP contribution in [0.2, 0.25) is 0 Å².